The van der Waals surface area contributed by atoms with Crippen LogP contribution in [0.25, 0.3) is 0 Å². The first kappa shape index (κ1) is 14.1. The standard InChI is InChI=1S/C13H14ClFINO/c14-8-9-3-5-17(6-4-9)13(18)11-2-1-10(15)7-12(11)16/h1-2,7,9H,3-6,8H2. The Morgan fingerprint density at radius 2 is 2.11 bits per heavy atom. The molecule has 0 spiro atoms. The zero-order valence-corrected chi connectivity index (χ0v) is 12.7. The topological polar surface area (TPSA) is 20.3 Å². The lowest BCUT2D eigenvalue weighted by Crippen LogP contribution is -2.39. The van der Waals surface area contributed by atoms with Crippen molar-refractivity contribution in [1.82, 2.24) is 4.90 Å². The van der Waals surface area contributed by atoms with Gasteiger partial charge in [0.1, 0.15) is 5.82 Å². The molecule has 0 unspecified atom stereocenters. The number of likely N-dealkylation sites (tertiary alicyclic amines) is 1. The molecule has 2 nitrogen and oxygen atoms in total. The average Bonchev–Trinajstić information content (AvgIpc) is 2.38. The number of halogens is 3. The van der Waals surface area contributed by atoms with Gasteiger partial charge < -0.3 is 4.90 Å². The van der Waals surface area contributed by atoms with Crippen LogP contribution in [-0.4, -0.2) is 29.8 Å². The molecular formula is C13H14ClFINO. The van der Waals surface area contributed by atoms with Crippen LogP contribution < -0.4 is 0 Å². The van der Waals surface area contributed by atoms with Gasteiger partial charge in [0.15, 0.2) is 0 Å². The van der Waals surface area contributed by atoms with Crippen molar-refractivity contribution in [2.24, 2.45) is 5.92 Å². The van der Waals surface area contributed by atoms with Crippen LogP contribution in [0.4, 0.5) is 4.39 Å². The van der Waals surface area contributed by atoms with E-state index in [-0.39, 0.29) is 11.7 Å². The van der Waals surface area contributed by atoms with Crippen molar-refractivity contribution in [2.45, 2.75) is 12.8 Å². The number of amides is 1. The smallest absolute Gasteiger partial charge is 0.254 e. The van der Waals surface area contributed by atoms with Gasteiger partial charge in [-0.25, -0.2) is 4.39 Å². The summed E-state index contributed by atoms with van der Waals surface area (Å²) in [6, 6.07) is 4.29. The van der Waals surface area contributed by atoms with Crippen molar-refractivity contribution in [3.8, 4) is 0 Å². The largest absolute Gasteiger partial charge is 0.339 e. The van der Waals surface area contributed by atoms with Crippen LogP contribution in [0, 0.1) is 15.3 Å². The lowest BCUT2D eigenvalue weighted by molar-refractivity contribution is 0.0697. The predicted octanol–water partition coefficient (Wildman–Crippen LogP) is 3.52. The molecule has 1 heterocycles. The molecule has 1 aliphatic rings. The SMILES string of the molecule is O=C(c1ccc(F)cc1I)N1CCC(CCl)CC1. The minimum absolute atomic E-state index is 0.00702. The number of rotatable bonds is 2. The molecule has 1 aromatic carbocycles. The summed E-state index contributed by atoms with van der Waals surface area (Å²) in [4.78, 5) is 14.1. The molecule has 2 rings (SSSR count). The molecule has 1 amide bonds. The molecule has 1 saturated heterocycles. The normalized spacial score (nSPS) is 16.9. The van der Waals surface area contributed by atoms with E-state index in [0.29, 0.717) is 20.9 Å². The molecule has 1 fully saturated rings. The Bertz CT molecular complexity index is 447. The van der Waals surface area contributed by atoms with Gasteiger partial charge in [-0.2, -0.15) is 0 Å². The lowest BCUT2D eigenvalue weighted by Gasteiger charge is -2.31. The Kier molecular flexibility index (Phi) is 4.84. The van der Waals surface area contributed by atoms with E-state index in [1.807, 2.05) is 27.5 Å². The third kappa shape index (κ3) is 3.15. The first-order chi connectivity index (χ1) is 8.61. The summed E-state index contributed by atoms with van der Waals surface area (Å²) in [6.45, 7) is 1.48. The second kappa shape index (κ2) is 6.19. The van der Waals surface area contributed by atoms with Gasteiger partial charge >= 0.3 is 0 Å². The predicted molar refractivity (Wildman–Crippen MR) is 78.5 cm³/mol. The van der Waals surface area contributed by atoms with Crippen molar-refractivity contribution < 1.29 is 9.18 Å². The zero-order chi connectivity index (χ0) is 13.1. The summed E-state index contributed by atoms with van der Waals surface area (Å²) in [6.07, 6.45) is 1.90. The molecule has 0 atom stereocenters. The van der Waals surface area contributed by atoms with Crippen LogP contribution >= 0.6 is 34.2 Å². The van der Waals surface area contributed by atoms with Crippen LogP contribution in [0.15, 0.2) is 18.2 Å². The molecule has 0 aromatic heterocycles. The summed E-state index contributed by atoms with van der Waals surface area (Å²) in [5.41, 5.74) is 0.585. The fraction of sp³-hybridized carbons (Fsp3) is 0.462. The van der Waals surface area contributed by atoms with E-state index in [4.69, 9.17) is 11.6 Å². The molecule has 0 bridgehead atoms. The fourth-order valence-corrected chi connectivity index (χ4v) is 3.14. The van der Waals surface area contributed by atoms with E-state index in [0.717, 1.165) is 25.9 Å². The number of carbonyl (C=O) groups excluding carboxylic acids is 1. The van der Waals surface area contributed by atoms with E-state index in [9.17, 15) is 9.18 Å². The van der Waals surface area contributed by atoms with Crippen molar-refractivity contribution in [1.29, 1.82) is 0 Å². The summed E-state index contributed by atoms with van der Waals surface area (Å²) in [5.74, 6) is 0.864. The van der Waals surface area contributed by atoms with Crippen molar-refractivity contribution in [3.63, 3.8) is 0 Å². The molecule has 0 radical (unpaired) electrons. The van der Waals surface area contributed by atoms with E-state index < -0.39 is 0 Å². The minimum atomic E-state index is -0.309. The third-order valence-electron chi connectivity index (χ3n) is 3.28. The quantitative estimate of drug-likeness (QED) is 0.567. The maximum absolute atomic E-state index is 13.0. The average molecular weight is 382 g/mol. The first-order valence-corrected chi connectivity index (χ1v) is 7.53. The third-order valence-corrected chi connectivity index (χ3v) is 4.61. The number of hydrogen-bond acceptors (Lipinski definition) is 1. The van der Waals surface area contributed by atoms with E-state index in [2.05, 4.69) is 0 Å². The number of benzene rings is 1. The van der Waals surface area contributed by atoms with Gasteiger partial charge in [-0.05, 0) is 59.5 Å². The van der Waals surface area contributed by atoms with Crippen LogP contribution in [0.1, 0.15) is 23.2 Å². The first-order valence-electron chi connectivity index (χ1n) is 5.92. The number of piperidine rings is 1. The molecule has 0 saturated carbocycles. The van der Waals surface area contributed by atoms with Crippen LogP contribution in [-0.2, 0) is 0 Å². The second-order valence-corrected chi connectivity index (χ2v) is 5.98. The molecule has 0 aliphatic carbocycles. The van der Waals surface area contributed by atoms with E-state index >= 15 is 0 Å². The Morgan fingerprint density at radius 1 is 1.44 bits per heavy atom. The molecule has 98 valence electrons. The Balaban J connectivity index is 2.08. The van der Waals surface area contributed by atoms with E-state index in [1.165, 1.54) is 12.1 Å². The Hall–Kier alpha value is -0.360. The minimum Gasteiger partial charge on any atom is -0.339 e. The maximum Gasteiger partial charge on any atom is 0.254 e. The number of carbonyl (C=O) groups is 1. The zero-order valence-electron chi connectivity index (χ0n) is 9.83. The van der Waals surface area contributed by atoms with Gasteiger partial charge in [0.25, 0.3) is 5.91 Å². The number of hydrogen-bond donors (Lipinski definition) is 0. The molecule has 0 N–H and O–H groups in total. The monoisotopic (exact) mass is 381 g/mol. The highest BCUT2D eigenvalue weighted by Gasteiger charge is 2.24. The van der Waals surface area contributed by atoms with Crippen molar-refractivity contribution in [2.75, 3.05) is 19.0 Å². The molecule has 5 heteroatoms. The van der Waals surface area contributed by atoms with Gasteiger partial charge in [-0.3, -0.25) is 4.79 Å². The highest BCUT2D eigenvalue weighted by atomic mass is 127. The van der Waals surface area contributed by atoms with Gasteiger partial charge in [-0.1, -0.05) is 0 Å². The fourth-order valence-electron chi connectivity index (χ4n) is 2.12. The van der Waals surface area contributed by atoms with Crippen LogP contribution in [0.5, 0.6) is 0 Å². The van der Waals surface area contributed by atoms with Gasteiger partial charge in [-0.15, -0.1) is 11.6 Å². The highest BCUT2D eigenvalue weighted by molar-refractivity contribution is 14.1. The number of nitrogens with zero attached hydrogens (tertiary/aromatic N) is 1. The second-order valence-electron chi connectivity index (χ2n) is 4.51. The molecule has 1 aliphatic heterocycles. The number of alkyl halides is 1. The van der Waals surface area contributed by atoms with Crippen LogP contribution in [0.3, 0.4) is 0 Å². The summed E-state index contributed by atoms with van der Waals surface area (Å²) in [7, 11) is 0. The van der Waals surface area contributed by atoms with Crippen molar-refractivity contribution >= 4 is 40.1 Å². The maximum atomic E-state index is 13.0. The summed E-state index contributed by atoms with van der Waals surface area (Å²) in [5, 5.41) is 0. The van der Waals surface area contributed by atoms with Crippen LogP contribution in [0.2, 0.25) is 0 Å². The van der Waals surface area contributed by atoms with Crippen molar-refractivity contribution in [3.05, 3.63) is 33.1 Å². The molecule has 18 heavy (non-hydrogen) atoms. The molecule has 1 aromatic rings. The lowest BCUT2D eigenvalue weighted by atomic mass is 9.98. The van der Waals surface area contributed by atoms with Gasteiger partial charge in [0, 0.05) is 22.5 Å². The van der Waals surface area contributed by atoms with E-state index in [1.54, 1.807) is 6.07 Å². The molecular weight excluding hydrogens is 368 g/mol. The van der Waals surface area contributed by atoms with Gasteiger partial charge in [0.05, 0.1) is 5.56 Å². The summed E-state index contributed by atoms with van der Waals surface area (Å²) < 4.78 is 13.7. The Labute approximate surface area is 125 Å². The summed E-state index contributed by atoms with van der Waals surface area (Å²) >= 11 is 7.82. The van der Waals surface area contributed by atoms with Gasteiger partial charge in [0.2, 0.25) is 0 Å². The highest BCUT2D eigenvalue weighted by Crippen LogP contribution is 2.22. The Morgan fingerprint density at radius 3 is 2.67 bits per heavy atom.